The van der Waals surface area contributed by atoms with Crippen LogP contribution in [0.15, 0.2) is 0 Å². The SMILES string of the molecule is COC1CC(n2c(C)c(C)c(C#N)c2N)C1. The number of aromatic nitrogens is 1. The van der Waals surface area contributed by atoms with Crippen molar-refractivity contribution in [3.63, 3.8) is 0 Å². The highest BCUT2D eigenvalue weighted by molar-refractivity contribution is 5.58. The molecule has 2 N–H and O–H groups in total. The Labute approximate surface area is 95.6 Å². The van der Waals surface area contributed by atoms with E-state index in [9.17, 15) is 0 Å². The van der Waals surface area contributed by atoms with Crippen molar-refractivity contribution in [2.75, 3.05) is 12.8 Å². The van der Waals surface area contributed by atoms with Gasteiger partial charge >= 0.3 is 0 Å². The number of nitrogens with two attached hydrogens (primary N) is 1. The number of anilines is 1. The first-order valence-electron chi connectivity index (χ1n) is 5.49. The van der Waals surface area contributed by atoms with Gasteiger partial charge in [0.05, 0.1) is 11.7 Å². The van der Waals surface area contributed by atoms with Gasteiger partial charge in [-0.25, -0.2) is 0 Å². The zero-order valence-corrected chi connectivity index (χ0v) is 9.95. The van der Waals surface area contributed by atoms with E-state index in [4.69, 9.17) is 15.7 Å². The lowest BCUT2D eigenvalue weighted by Gasteiger charge is -2.36. The molecule has 1 aliphatic carbocycles. The fourth-order valence-corrected chi connectivity index (χ4v) is 2.41. The number of hydrogen-bond donors (Lipinski definition) is 1. The van der Waals surface area contributed by atoms with E-state index in [-0.39, 0.29) is 0 Å². The van der Waals surface area contributed by atoms with Gasteiger partial charge in [0.15, 0.2) is 0 Å². The molecule has 0 amide bonds. The lowest BCUT2D eigenvalue weighted by molar-refractivity contribution is 0.00639. The Morgan fingerprint density at radius 2 is 2.06 bits per heavy atom. The fourth-order valence-electron chi connectivity index (χ4n) is 2.41. The van der Waals surface area contributed by atoms with Gasteiger partial charge in [-0.2, -0.15) is 5.26 Å². The van der Waals surface area contributed by atoms with Crippen molar-refractivity contribution < 1.29 is 4.74 Å². The molecule has 1 heterocycles. The molecule has 1 aromatic rings. The molecule has 86 valence electrons. The van der Waals surface area contributed by atoms with Crippen LogP contribution in [-0.4, -0.2) is 17.8 Å². The van der Waals surface area contributed by atoms with Gasteiger partial charge in [-0.1, -0.05) is 0 Å². The van der Waals surface area contributed by atoms with Crippen LogP contribution in [0, 0.1) is 25.2 Å². The fraction of sp³-hybridized carbons (Fsp3) is 0.583. The molecule has 0 aromatic carbocycles. The average molecular weight is 219 g/mol. The molecule has 0 atom stereocenters. The minimum atomic E-state index is 0.344. The highest BCUT2D eigenvalue weighted by Gasteiger charge is 2.33. The molecule has 16 heavy (non-hydrogen) atoms. The van der Waals surface area contributed by atoms with E-state index in [1.807, 2.05) is 13.8 Å². The zero-order valence-electron chi connectivity index (χ0n) is 9.95. The topological polar surface area (TPSA) is 64.0 Å². The van der Waals surface area contributed by atoms with Gasteiger partial charge in [0.2, 0.25) is 0 Å². The number of nitriles is 1. The summed E-state index contributed by atoms with van der Waals surface area (Å²) >= 11 is 0. The van der Waals surface area contributed by atoms with Gasteiger partial charge in [-0.05, 0) is 32.3 Å². The van der Waals surface area contributed by atoms with Gasteiger partial charge in [0.25, 0.3) is 0 Å². The van der Waals surface area contributed by atoms with Crippen molar-refractivity contribution in [3.05, 3.63) is 16.8 Å². The number of nitrogen functional groups attached to an aromatic ring is 1. The van der Waals surface area contributed by atoms with Gasteiger partial charge < -0.3 is 15.0 Å². The number of ether oxygens (including phenoxy) is 1. The van der Waals surface area contributed by atoms with Crippen LogP contribution in [-0.2, 0) is 4.74 Å². The van der Waals surface area contributed by atoms with Crippen LogP contribution in [0.1, 0.15) is 35.7 Å². The molecule has 0 radical (unpaired) electrons. The van der Waals surface area contributed by atoms with Gasteiger partial charge in [-0.15, -0.1) is 0 Å². The lowest BCUT2D eigenvalue weighted by Crippen LogP contribution is -2.33. The van der Waals surface area contributed by atoms with Gasteiger partial charge in [0.1, 0.15) is 11.9 Å². The Morgan fingerprint density at radius 3 is 2.50 bits per heavy atom. The Hall–Kier alpha value is -1.47. The van der Waals surface area contributed by atoms with Crippen molar-refractivity contribution in [1.82, 2.24) is 4.57 Å². The van der Waals surface area contributed by atoms with E-state index in [2.05, 4.69) is 10.6 Å². The number of nitrogens with zero attached hydrogens (tertiary/aromatic N) is 2. The quantitative estimate of drug-likeness (QED) is 0.826. The van der Waals surface area contributed by atoms with Crippen molar-refractivity contribution in [1.29, 1.82) is 5.26 Å². The number of hydrogen-bond acceptors (Lipinski definition) is 3. The number of methoxy groups -OCH3 is 1. The predicted octanol–water partition coefficient (Wildman–Crippen LogP) is 1.91. The first-order valence-corrected chi connectivity index (χ1v) is 5.49. The Morgan fingerprint density at radius 1 is 1.44 bits per heavy atom. The predicted molar refractivity (Wildman–Crippen MR) is 62.1 cm³/mol. The van der Waals surface area contributed by atoms with Crippen molar-refractivity contribution in [2.24, 2.45) is 0 Å². The minimum absolute atomic E-state index is 0.344. The summed E-state index contributed by atoms with van der Waals surface area (Å²) in [6, 6.07) is 2.57. The van der Waals surface area contributed by atoms with Crippen molar-refractivity contribution in [3.8, 4) is 6.07 Å². The molecule has 1 aliphatic rings. The molecule has 0 aliphatic heterocycles. The Balaban J connectivity index is 2.33. The maximum atomic E-state index is 9.04. The van der Waals surface area contributed by atoms with Crippen LogP contribution >= 0.6 is 0 Å². The molecule has 0 saturated heterocycles. The van der Waals surface area contributed by atoms with Crippen LogP contribution in [0.4, 0.5) is 5.82 Å². The van der Waals surface area contributed by atoms with Crippen LogP contribution in [0.5, 0.6) is 0 Å². The molecule has 1 aromatic heterocycles. The van der Waals surface area contributed by atoms with Gasteiger partial charge in [-0.3, -0.25) is 0 Å². The molecule has 2 rings (SSSR count). The maximum absolute atomic E-state index is 9.04. The second-order valence-corrected chi connectivity index (χ2v) is 4.44. The monoisotopic (exact) mass is 219 g/mol. The maximum Gasteiger partial charge on any atom is 0.122 e. The third kappa shape index (κ3) is 1.40. The first kappa shape index (κ1) is 11.0. The molecule has 1 fully saturated rings. The molecule has 4 nitrogen and oxygen atoms in total. The summed E-state index contributed by atoms with van der Waals surface area (Å²) in [5.74, 6) is 0.608. The van der Waals surface area contributed by atoms with Crippen molar-refractivity contribution in [2.45, 2.75) is 38.8 Å². The second-order valence-electron chi connectivity index (χ2n) is 4.44. The van der Waals surface area contributed by atoms with Crippen LogP contribution in [0.3, 0.4) is 0 Å². The Kier molecular flexibility index (Phi) is 2.64. The minimum Gasteiger partial charge on any atom is -0.384 e. The van der Waals surface area contributed by atoms with E-state index >= 15 is 0 Å². The van der Waals surface area contributed by atoms with Gasteiger partial charge in [0, 0.05) is 18.8 Å². The highest BCUT2D eigenvalue weighted by Crippen LogP contribution is 2.39. The third-order valence-corrected chi connectivity index (χ3v) is 3.67. The normalized spacial score (nSPS) is 23.9. The zero-order chi connectivity index (χ0) is 11.9. The molecular formula is C12H17N3O. The van der Waals surface area contributed by atoms with E-state index in [1.54, 1.807) is 7.11 Å². The Bertz CT molecular complexity index is 450. The summed E-state index contributed by atoms with van der Waals surface area (Å²) in [5, 5.41) is 9.04. The van der Waals surface area contributed by atoms with E-state index < -0.39 is 0 Å². The molecule has 0 unspecified atom stereocenters. The largest absolute Gasteiger partial charge is 0.384 e. The standard InChI is InChI=1S/C12H17N3O/c1-7-8(2)15(12(14)11(7)6-13)9-4-10(5-9)16-3/h9-10H,4-5,14H2,1-3H3. The smallest absolute Gasteiger partial charge is 0.122 e. The third-order valence-electron chi connectivity index (χ3n) is 3.67. The van der Waals surface area contributed by atoms with Crippen molar-refractivity contribution >= 4 is 5.82 Å². The van der Waals surface area contributed by atoms with Crippen LogP contribution in [0.25, 0.3) is 0 Å². The highest BCUT2D eigenvalue weighted by atomic mass is 16.5. The molecular weight excluding hydrogens is 202 g/mol. The van der Waals surface area contributed by atoms with E-state index in [0.717, 1.165) is 24.1 Å². The summed E-state index contributed by atoms with van der Waals surface area (Å²) in [4.78, 5) is 0. The van der Waals surface area contributed by atoms with E-state index in [1.165, 1.54) is 0 Å². The van der Waals surface area contributed by atoms with Crippen LogP contribution in [0.2, 0.25) is 0 Å². The molecule has 0 bridgehead atoms. The molecule has 4 heteroatoms. The average Bonchev–Trinajstić information content (AvgIpc) is 2.40. The summed E-state index contributed by atoms with van der Waals surface area (Å²) in [5.41, 5.74) is 8.74. The molecule has 0 spiro atoms. The second kappa shape index (κ2) is 3.84. The number of rotatable bonds is 2. The summed E-state index contributed by atoms with van der Waals surface area (Å²) < 4.78 is 7.35. The lowest BCUT2D eigenvalue weighted by atomic mass is 9.89. The van der Waals surface area contributed by atoms with E-state index in [0.29, 0.717) is 23.5 Å². The summed E-state index contributed by atoms with van der Waals surface area (Å²) in [6.45, 7) is 3.97. The van der Waals surface area contributed by atoms with Crippen LogP contribution < -0.4 is 5.73 Å². The molecule has 1 saturated carbocycles. The summed E-state index contributed by atoms with van der Waals surface area (Å²) in [6.07, 6.45) is 2.32. The first-order chi connectivity index (χ1) is 7.60. The summed E-state index contributed by atoms with van der Waals surface area (Å²) in [7, 11) is 1.73.